The molecule has 1 aromatic carbocycles. The second-order valence-electron chi connectivity index (χ2n) is 3.01. The monoisotopic (exact) mass is 238 g/mol. The lowest BCUT2D eigenvalue weighted by molar-refractivity contribution is 0.100. The lowest BCUT2D eigenvalue weighted by Gasteiger charge is -1.96. The predicted octanol–water partition coefficient (Wildman–Crippen LogP) is 3.41. The first-order valence-corrected chi connectivity index (χ1v) is 4.57. The molecular weight excluding hydrogens is 235 g/mol. The lowest BCUT2D eigenvalue weighted by atomic mass is 10.1. The van der Waals surface area contributed by atoms with Gasteiger partial charge in [0.1, 0.15) is 5.82 Å². The quantitative estimate of drug-likeness (QED) is 0.461. The van der Waals surface area contributed by atoms with E-state index in [1.54, 1.807) is 0 Å². The smallest absolute Gasteiger partial charge is 0.251 e. The van der Waals surface area contributed by atoms with Gasteiger partial charge in [0.15, 0.2) is 0 Å². The number of nitrogens with one attached hydrogen (secondary N) is 1. The second kappa shape index (κ2) is 3.84. The number of hydrogen-bond acceptors (Lipinski definition) is 1. The van der Waals surface area contributed by atoms with E-state index < -0.39 is 11.7 Å². The minimum absolute atomic E-state index is 0.0953. The van der Waals surface area contributed by atoms with Crippen molar-refractivity contribution >= 4 is 28.4 Å². The van der Waals surface area contributed by atoms with Crippen molar-refractivity contribution in [2.24, 2.45) is 5.11 Å². The molecule has 0 fully saturated rings. The van der Waals surface area contributed by atoms with E-state index in [1.165, 1.54) is 18.3 Å². The summed E-state index contributed by atoms with van der Waals surface area (Å²) in [6.45, 7) is 0. The number of benzene rings is 1. The normalized spacial score (nSPS) is 10.1. The molecule has 0 aliphatic heterocycles. The summed E-state index contributed by atoms with van der Waals surface area (Å²) in [5, 5.41) is 3.28. The van der Waals surface area contributed by atoms with Crippen molar-refractivity contribution in [1.29, 1.82) is 0 Å². The molecule has 2 rings (SSSR count). The molecule has 1 heterocycles. The molecule has 80 valence electrons. The van der Waals surface area contributed by atoms with Gasteiger partial charge in [-0.05, 0) is 22.8 Å². The molecule has 5 nitrogen and oxygen atoms in total. The summed E-state index contributed by atoms with van der Waals surface area (Å²) in [4.78, 5) is 16.4. The summed E-state index contributed by atoms with van der Waals surface area (Å²) in [5.41, 5.74) is 8.72. The van der Waals surface area contributed by atoms with Crippen LogP contribution in [0, 0.1) is 5.82 Å². The first-order chi connectivity index (χ1) is 7.63. The van der Waals surface area contributed by atoms with E-state index in [0.717, 1.165) is 0 Å². The topological polar surface area (TPSA) is 81.6 Å². The molecular formula is C9H4ClFN4O. The predicted molar refractivity (Wildman–Crippen MR) is 56.7 cm³/mol. The van der Waals surface area contributed by atoms with E-state index in [-0.39, 0.29) is 10.6 Å². The maximum atomic E-state index is 13.1. The van der Waals surface area contributed by atoms with Crippen molar-refractivity contribution in [3.05, 3.63) is 45.2 Å². The Morgan fingerprint density at radius 3 is 3.00 bits per heavy atom. The van der Waals surface area contributed by atoms with Crippen LogP contribution in [0.2, 0.25) is 5.02 Å². The fraction of sp³-hybridized carbons (Fsp3) is 0. The van der Waals surface area contributed by atoms with Crippen LogP contribution >= 0.6 is 11.6 Å². The van der Waals surface area contributed by atoms with Crippen LogP contribution in [0.4, 0.5) is 4.39 Å². The number of azide groups is 1. The number of aromatic nitrogens is 1. The van der Waals surface area contributed by atoms with Crippen LogP contribution in [0.15, 0.2) is 23.4 Å². The van der Waals surface area contributed by atoms with E-state index in [4.69, 9.17) is 17.1 Å². The second-order valence-corrected chi connectivity index (χ2v) is 3.42. The first-order valence-electron chi connectivity index (χ1n) is 4.19. The van der Waals surface area contributed by atoms with E-state index in [0.29, 0.717) is 10.9 Å². The van der Waals surface area contributed by atoms with Crippen LogP contribution in [0.3, 0.4) is 0 Å². The van der Waals surface area contributed by atoms with Gasteiger partial charge in [0.05, 0.1) is 5.02 Å². The molecule has 1 amide bonds. The highest BCUT2D eigenvalue weighted by Crippen LogP contribution is 2.25. The molecule has 0 radical (unpaired) electrons. The van der Waals surface area contributed by atoms with Crippen molar-refractivity contribution in [3.8, 4) is 0 Å². The Bertz CT molecular complexity index is 630. The molecule has 0 saturated carbocycles. The average molecular weight is 239 g/mol. The van der Waals surface area contributed by atoms with Crippen molar-refractivity contribution in [3.63, 3.8) is 0 Å². The standard InChI is InChI=1S/C9H4ClFN4O/c10-6-1-4-5(9(16)14-15-12)3-13-8(4)2-7(6)11/h1-3,13H. The number of carbonyl (C=O) groups is 1. The number of H-pyrrole nitrogens is 1. The number of carbonyl (C=O) groups excluding carboxylic acids is 1. The van der Waals surface area contributed by atoms with Gasteiger partial charge in [-0.15, -0.1) is 0 Å². The third-order valence-corrected chi connectivity index (χ3v) is 2.38. The molecule has 1 aromatic heterocycles. The van der Waals surface area contributed by atoms with Gasteiger partial charge in [-0.1, -0.05) is 11.6 Å². The summed E-state index contributed by atoms with van der Waals surface area (Å²) in [6.07, 6.45) is 1.34. The maximum Gasteiger partial charge on any atom is 0.251 e. The highest BCUT2D eigenvalue weighted by Gasteiger charge is 2.12. The fourth-order valence-corrected chi connectivity index (χ4v) is 1.55. The molecule has 0 aliphatic rings. The number of rotatable bonds is 1. The third kappa shape index (κ3) is 1.60. The maximum absolute atomic E-state index is 13.1. The van der Waals surface area contributed by atoms with Gasteiger partial charge in [0.25, 0.3) is 5.91 Å². The van der Waals surface area contributed by atoms with Crippen LogP contribution in [-0.4, -0.2) is 10.9 Å². The number of halogens is 2. The molecule has 7 heteroatoms. The number of fused-ring (bicyclic) bond motifs is 1. The SMILES string of the molecule is [N-]=[N+]=NC(=O)c1c[nH]c2cc(F)c(Cl)cc12. The Labute approximate surface area is 93.5 Å². The molecule has 0 atom stereocenters. The molecule has 1 N–H and O–H groups in total. The van der Waals surface area contributed by atoms with Crippen LogP contribution in [0.1, 0.15) is 10.4 Å². The zero-order valence-corrected chi connectivity index (χ0v) is 8.49. The fourth-order valence-electron chi connectivity index (χ4n) is 1.39. The minimum Gasteiger partial charge on any atom is -0.360 e. The zero-order valence-electron chi connectivity index (χ0n) is 7.74. The van der Waals surface area contributed by atoms with Crippen LogP contribution in [0.5, 0.6) is 0 Å². The highest BCUT2D eigenvalue weighted by molar-refractivity contribution is 6.31. The summed E-state index contributed by atoms with van der Waals surface area (Å²) in [7, 11) is 0. The molecule has 0 saturated heterocycles. The number of aromatic amines is 1. The molecule has 0 spiro atoms. The molecule has 0 bridgehead atoms. The Hall–Kier alpha value is -2.04. The van der Waals surface area contributed by atoms with E-state index in [2.05, 4.69) is 15.0 Å². The van der Waals surface area contributed by atoms with Gasteiger partial charge in [0.2, 0.25) is 0 Å². The van der Waals surface area contributed by atoms with E-state index in [9.17, 15) is 9.18 Å². The van der Waals surface area contributed by atoms with Gasteiger partial charge >= 0.3 is 0 Å². The molecule has 16 heavy (non-hydrogen) atoms. The molecule has 2 aromatic rings. The van der Waals surface area contributed by atoms with Gasteiger partial charge < -0.3 is 4.98 Å². The van der Waals surface area contributed by atoms with E-state index in [1.807, 2.05) is 0 Å². The summed E-state index contributed by atoms with van der Waals surface area (Å²) >= 11 is 5.59. The Morgan fingerprint density at radius 1 is 1.56 bits per heavy atom. The Morgan fingerprint density at radius 2 is 2.31 bits per heavy atom. The van der Waals surface area contributed by atoms with Crippen molar-refractivity contribution in [1.82, 2.24) is 4.98 Å². The third-order valence-electron chi connectivity index (χ3n) is 2.09. The summed E-state index contributed by atoms with van der Waals surface area (Å²) < 4.78 is 13.1. The Kier molecular flexibility index (Phi) is 2.52. The van der Waals surface area contributed by atoms with Crippen LogP contribution in [-0.2, 0) is 0 Å². The number of amides is 1. The van der Waals surface area contributed by atoms with Crippen molar-refractivity contribution in [2.75, 3.05) is 0 Å². The van der Waals surface area contributed by atoms with Crippen LogP contribution in [0.25, 0.3) is 21.3 Å². The molecule has 0 unspecified atom stereocenters. The largest absolute Gasteiger partial charge is 0.360 e. The van der Waals surface area contributed by atoms with Crippen molar-refractivity contribution in [2.45, 2.75) is 0 Å². The van der Waals surface area contributed by atoms with Gasteiger partial charge in [-0.3, -0.25) is 4.79 Å². The first kappa shape index (κ1) is 10.5. The lowest BCUT2D eigenvalue weighted by Crippen LogP contribution is -1.90. The zero-order chi connectivity index (χ0) is 11.7. The van der Waals surface area contributed by atoms with Crippen LogP contribution < -0.4 is 0 Å². The minimum atomic E-state index is -0.739. The van der Waals surface area contributed by atoms with Gasteiger partial charge in [-0.25, -0.2) is 4.39 Å². The number of hydrogen-bond donors (Lipinski definition) is 1. The van der Waals surface area contributed by atoms with Gasteiger partial charge in [0, 0.05) is 27.6 Å². The number of nitrogens with zero attached hydrogens (tertiary/aromatic N) is 3. The average Bonchev–Trinajstić information content (AvgIpc) is 2.62. The molecule has 0 aliphatic carbocycles. The Balaban J connectivity index is 2.69. The highest BCUT2D eigenvalue weighted by atomic mass is 35.5. The van der Waals surface area contributed by atoms with Gasteiger partial charge in [-0.2, -0.15) is 0 Å². The van der Waals surface area contributed by atoms with Crippen molar-refractivity contribution < 1.29 is 9.18 Å². The summed E-state index contributed by atoms with van der Waals surface area (Å²) in [5.74, 6) is -1.32. The van der Waals surface area contributed by atoms with E-state index >= 15 is 0 Å². The summed E-state index contributed by atoms with van der Waals surface area (Å²) in [6, 6.07) is 2.48.